The zero-order chi connectivity index (χ0) is 22.7. The van der Waals surface area contributed by atoms with Crippen molar-refractivity contribution in [2.45, 2.75) is 103 Å². The molecule has 1 N–H and O–H groups in total. The maximum Gasteiger partial charge on any atom is 0.328 e. The van der Waals surface area contributed by atoms with Crippen molar-refractivity contribution >= 4 is 11.9 Å². The predicted octanol–water partition coefficient (Wildman–Crippen LogP) is 5.32. The summed E-state index contributed by atoms with van der Waals surface area (Å²) in [7, 11) is 1.34. The highest BCUT2D eigenvalue weighted by Gasteiger charge is 2.32. The van der Waals surface area contributed by atoms with Gasteiger partial charge in [0, 0.05) is 26.7 Å². The molecule has 1 aliphatic heterocycles. The average Bonchev–Trinajstić information content (AvgIpc) is 3.04. The van der Waals surface area contributed by atoms with E-state index in [-0.39, 0.29) is 5.91 Å². The summed E-state index contributed by atoms with van der Waals surface area (Å²) in [4.78, 5) is 24.6. The molecule has 174 valence electrons. The Bertz CT molecular complexity index is 716. The molecule has 0 aromatic heterocycles. The molecule has 0 unspecified atom stereocenters. The lowest BCUT2D eigenvalue weighted by Crippen LogP contribution is -2.43. The Morgan fingerprint density at radius 1 is 0.968 bits per heavy atom. The Morgan fingerprint density at radius 2 is 1.58 bits per heavy atom. The fraction of sp³-hybridized carbons (Fsp3) is 0.680. The second-order valence-electron chi connectivity index (χ2n) is 8.81. The topological polar surface area (TPSA) is 73.9 Å². The lowest BCUT2D eigenvalue weighted by Gasteiger charge is -2.17. The van der Waals surface area contributed by atoms with Crippen LogP contribution in [0.2, 0.25) is 0 Å². The molecule has 1 heterocycles. The van der Waals surface area contributed by atoms with E-state index in [0.29, 0.717) is 24.3 Å². The SMILES string of the molecule is CCCCCCCCCCCC(=O)N[C@@H](Cc1ccc2c(c1)OC(C)(C)O2)C(=O)OC. The minimum atomic E-state index is -0.718. The maximum atomic E-state index is 12.4. The molecule has 0 bridgehead atoms. The number of nitrogens with one attached hydrogen (secondary N) is 1. The molecule has 0 aliphatic carbocycles. The number of amides is 1. The average molecular weight is 434 g/mol. The van der Waals surface area contributed by atoms with Crippen molar-refractivity contribution in [2.24, 2.45) is 0 Å². The second-order valence-corrected chi connectivity index (χ2v) is 8.81. The number of methoxy groups -OCH3 is 1. The second kappa shape index (κ2) is 12.6. The van der Waals surface area contributed by atoms with E-state index >= 15 is 0 Å². The Morgan fingerprint density at radius 3 is 2.23 bits per heavy atom. The van der Waals surface area contributed by atoms with Crippen LogP contribution in [-0.2, 0) is 20.7 Å². The first-order valence-corrected chi connectivity index (χ1v) is 11.7. The van der Waals surface area contributed by atoms with Crippen molar-refractivity contribution in [1.29, 1.82) is 0 Å². The van der Waals surface area contributed by atoms with Crippen LogP contribution in [0.1, 0.15) is 90.5 Å². The van der Waals surface area contributed by atoms with E-state index in [4.69, 9.17) is 14.2 Å². The Kier molecular flexibility index (Phi) is 10.2. The van der Waals surface area contributed by atoms with E-state index in [1.807, 2.05) is 32.0 Å². The first-order valence-electron chi connectivity index (χ1n) is 11.7. The smallest absolute Gasteiger partial charge is 0.328 e. The van der Waals surface area contributed by atoms with E-state index in [9.17, 15) is 9.59 Å². The van der Waals surface area contributed by atoms with Gasteiger partial charge in [-0.15, -0.1) is 0 Å². The van der Waals surface area contributed by atoms with Crippen molar-refractivity contribution in [3.63, 3.8) is 0 Å². The van der Waals surface area contributed by atoms with Gasteiger partial charge in [0.2, 0.25) is 11.7 Å². The van der Waals surface area contributed by atoms with Crippen molar-refractivity contribution in [3.05, 3.63) is 23.8 Å². The number of ether oxygens (including phenoxy) is 3. The van der Waals surface area contributed by atoms with Crippen LogP contribution >= 0.6 is 0 Å². The van der Waals surface area contributed by atoms with Crippen molar-refractivity contribution in [1.82, 2.24) is 5.32 Å². The molecule has 1 aromatic carbocycles. The molecule has 0 saturated carbocycles. The lowest BCUT2D eigenvalue weighted by molar-refractivity contribution is -0.145. The van der Waals surface area contributed by atoms with Gasteiger partial charge in [-0.2, -0.15) is 0 Å². The van der Waals surface area contributed by atoms with E-state index in [0.717, 1.165) is 24.8 Å². The van der Waals surface area contributed by atoms with E-state index in [1.54, 1.807) is 0 Å². The van der Waals surface area contributed by atoms with Crippen molar-refractivity contribution in [2.75, 3.05) is 7.11 Å². The molecule has 0 spiro atoms. The van der Waals surface area contributed by atoms with Crippen LogP contribution in [0.15, 0.2) is 18.2 Å². The summed E-state index contributed by atoms with van der Waals surface area (Å²) >= 11 is 0. The number of carbonyl (C=O) groups excluding carboxylic acids is 2. The highest BCUT2D eigenvalue weighted by atomic mass is 16.7. The molecule has 2 rings (SSSR count). The summed E-state index contributed by atoms with van der Waals surface area (Å²) in [6.45, 7) is 5.92. The number of rotatable bonds is 14. The summed E-state index contributed by atoms with van der Waals surface area (Å²) in [6, 6.07) is 4.85. The minimum absolute atomic E-state index is 0.111. The Labute approximate surface area is 187 Å². The molecular formula is C25H39NO5. The zero-order valence-corrected chi connectivity index (χ0v) is 19.6. The van der Waals surface area contributed by atoms with Gasteiger partial charge >= 0.3 is 5.97 Å². The van der Waals surface area contributed by atoms with Crippen LogP contribution in [0.5, 0.6) is 11.5 Å². The van der Waals surface area contributed by atoms with Crippen LogP contribution in [0.3, 0.4) is 0 Å². The Balaban J connectivity index is 1.75. The summed E-state index contributed by atoms with van der Waals surface area (Å²) in [5.41, 5.74) is 0.874. The monoisotopic (exact) mass is 433 g/mol. The summed E-state index contributed by atoms with van der Waals surface area (Å²) in [5, 5.41) is 2.84. The van der Waals surface area contributed by atoms with Crippen LogP contribution < -0.4 is 14.8 Å². The molecule has 6 nitrogen and oxygen atoms in total. The lowest BCUT2D eigenvalue weighted by atomic mass is 10.0. The molecular weight excluding hydrogens is 394 g/mol. The number of hydrogen-bond donors (Lipinski definition) is 1. The predicted molar refractivity (Wildman–Crippen MR) is 121 cm³/mol. The molecule has 1 amide bonds. The summed E-state index contributed by atoms with van der Waals surface area (Å²) in [5.74, 6) is 0.0652. The molecule has 31 heavy (non-hydrogen) atoms. The quantitative estimate of drug-likeness (QED) is 0.318. The third kappa shape index (κ3) is 8.80. The van der Waals surface area contributed by atoms with Crippen LogP contribution in [0, 0.1) is 0 Å². The molecule has 1 aliphatic rings. The van der Waals surface area contributed by atoms with Gasteiger partial charge in [0.15, 0.2) is 11.5 Å². The Hall–Kier alpha value is -2.24. The number of esters is 1. The molecule has 1 atom stereocenters. The molecule has 0 radical (unpaired) electrons. The first-order chi connectivity index (χ1) is 14.8. The number of fused-ring (bicyclic) bond motifs is 1. The molecule has 0 saturated heterocycles. The van der Waals surface area contributed by atoms with Crippen LogP contribution in [-0.4, -0.2) is 30.8 Å². The third-order valence-corrected chi connectivity index (χ3v) is 5.49. The molecule has 0 fully saturated rings. The minimum Gasteiger partial charge on any atom is -0.467 e. The van der Waals surface area contributed by atoms with Gasteiger partial charge in [0.1, 0.15) is 6.04 Å². The maximum absolute atomic E-state index is 12.4. The number of hydrogen-bond acceptors (Lipinski definition) is 5. The zero-order valence-electron chi connectivity index (χ0n) is 19.6. The third-order valence-electron chi connectivity index (χ3n) is 5.49. The van der Waals surface area contributed by atoms with Crippen molar-refractivity contribution < 1.29 is 23.8 Å². The summed E-state index contributed by atoms with van der Waals surface area (Å²) in [6.07, 6.45) is 11.6. The van der Waals surface area contributed by atoms with Gasteiger partial charge in [-0.05, 0) is 24.1 Å². The van der Waals surface area contributed by atoms with E-state index in [1.165, 1.54) is 45.6 Å². The standard InChI is InChI=1S/C25H39NO5/c1-5-6-7-8-9-10-11-12-13-14-23(27)26-20(24(28)29-4)17-19-15-16-21-22(18-19)31-25(2,3)30-21/h15-16,18,20H,5-14,17H2,1-4H3,(H,26,27)/t20-/m0/s1. The molecule has 1 aromatic rings. The highest BCUT2D eigenvalue weighted by Crippen LogP contribution is 2.39. The van der Waals surface area contributed by atoms with Crippen LogP contribution in [0.25, 0.3) is 0 Å². The fourth-order valence-corrected chi connectivity index (χ4v) is 3.83. The van der Waals surface area contributed by atoms with Crippen molar-refractivity contribution in [3.8, 4) is 11.5 Å². The largest absolute Gasteiger partial charge is 0.467 e. The number of benzene rings is 1. The molecule has 6 heteroatoms. The fourth-order valence-electron chi connectivity index (χ4n) is 3.83. The van der Waals surface area contributed by atoms with Gasteiger partial charge in [-0.1, -0.05) is 64.4 Å². The van der Waals surface area contributed by atoms with Gasteiger partial charge in [-0.25, -0.2) is 4.79 Å². The van der Waals surface area contributed by atoms with E-state index < -0.39 is 17.8 Å². The van der Waals surface area contributed by atoms with E-state index in [2.05, 4.69) is 12.2 Å². The van der Waals surface area contributed by atoms with Gasteiger partial charge in [0.05, 0.1) is 7.11 Å². The van der Waals surface area contributed by atoms with Gasteiger partial charge < -0.3 is 19.5 Å². The number of carbonyl (C=O) groups is 2. The summed E-state index contributed by atoms with van der Waals surface area (Å²) < 4.78 is 16.4. The van der Waals surface area contributed by atoms with Crippen LogP contribution in [0.4, 0.5) is 0 Å². The van der Waals surface area contributed by atoms with Gasteiger partial charge in [0.25, 0.3) is 0 Å². The first kappa shape index (κ1) is 25.0. The highest BCUT2D eigenvalue weighted by molar-refractivity contribution is 5.84. The normalized spacial score (nSPS) is 14.8. The van der Waals surface area contributed by atoms with Gasteiger partial charge in [-0.3, -0.25) is 4.79 Å². The number of unbranched alkanes of at least 4 members (excludes halogenated alkanes) is 8.